The zero-order valence-corrected chi connectivity index (χ0v) is 21.1. The van der Waals surface area contributed by atoms with E-state index in [2.05, 4.69) is 0 Å². The normalized spacial score (nSPS) is 16.8. The maximum Gasteiger partial charge on any atom is 0.212 e. The third kappa shape index (κ3) is 5.88. The van der Waals surface area contributed by atoms with Crippen LogP contribution in [0, 0.1) is 31.5 Å². The van der Waals surface area contributed by atoms with Gasteiger partial charge in [0.05, 0.1) is 0 Å². The summed E-state index contributed by atoms with van der Waals surface area (Å²) in [6.45, 7) is 12.5. The van der Waals surface area contributed by atoms with E-state index in [0.717, 1.165) is 22.3 Å². The second-order valence-electron chi connectivity index (χ2n) is 10.9. The largest absolute Gasteiger partial charge is 0.212 e. The lowest BCUT2D eigenvalue weighted by Crippen LogP contribution is -2.33. The van der Waals surface area contributed by atoms with Gasteiger partial charge in [-0.2, -0.15) is 0 Å². The maximum absolute atomic E-state index is 9.16. The summed E-state index contributed by atoms with van der Waals surface area (Å²) in [5.74, 6) is 0. The monoisotopic (exact) mass is 435 g/mol. The third-order valence-corrected chi connectivity index (χ3v) is 5.30. The number of aromatic nitrogens is 1. The highest BCUT2D eigenvalue weighted by Gasteiger charge is 2.24. The fourth-order valence-electron chi connectivity index (χ4n) is 3.88. The summed E-state index contributed by atoms with van der Waals surface area (Å²) in [7, 11) is 1.83. The van der Waals surface area contributed by atoms with Gasteiger partial charge in [0.15, 0.2) is 6.20 Å². The zero-order valence-electron chi connectivity index (χ0n) is 28.1. The molecule has 32 heavy (non-hydrogen) atoms. The Morgan fingerprint density at radius 3 is 1.94 bits per heavy atom. The van der Waals surface area contributed by atoms with E-state index in [1.165, 1.54) is 0 Å². The minimum absolute atomic E-state index is 0.265. The van der Waals surface area contributed by atoms with E-state index in [0.29, 0.717) is 22.4 Å². The van der Waals surface area contributed by atoms with Crippen molar-refractivity contribution in [2.75, 3.05) is 0 Å². The number of benzene rings is 2. The summed E-state index contributed by atoms with van der Waals surface area (Å²) in [6.07, 6.45) is -1.96. The molecule has 1 aromatic heterocycles. The van der Waals surface area contributed by atoms with Crippen molar-refractivity contribution in [2.45, 2.75) is 75.0 Å². The van der Waals surface area contributed by atoms with Crippen molar-refractivity contribution in [1.29, 1.82) is 0 Å². The molecule has 1 heterocycles. The predicted octanol–water partition coefficient (Wildman–Crippen LogP) is 7.95. The Bertz CT molecular complexity index is 1370. The molecular formula is C31H42N+. The van der Waals surface area contributed by atoms with Crippen LogP contribution >= 0.6 is 0 Å². The number of hydrogen-bond acceptors (Lipinski definition) is 0. The summed E-state index contributed by atoms with van der Waals surface area (Å²) in [4.78, 5) is 0. The number of pyridine rings is 1. The van der Waals surface area contributed by atoms with Crippen LogP contribution < -0.4 is 4.57 Å². The van der Waals surface area contributed by atoms with E-state index in [9.17, 15) is 0 Å². The lowest BCUT2D eigenvalue weighted by Gasteiger charge is -2.24. The van der Waals surface area contributed by atoms with Gasteiger partial charge in [0.1, 0.15) is 7.05 Å². The van der Waals surface area contributed by atoms with E-state index in [-0.39, 0.29) is 5.56 Å². The average molecular weight is 436 g/mol. The van der Waals surface area contributed by atoms with Crippen molar-refractivity contribution in [3.63, 3.8) is 0 Å². The van der Waals surface area contributed by atoms with Crippen molar-refractivity contribution in [3.05, 3.63) is 76.5 Å². The molecule has 0 spiro atoms. The second-order valence-corrected chi connectivity index (χ2v) is 10.9. The summed E-state index contributed by atoms with van der Waals surface area (Å²) >= 11 is 0. The molecule has 0 radical (unpaired) electrons. The highest BCUT2D eigenvalue weighted by Crippen LogP contribution is 2.34. The van der Waals surface area contributed by atoms with Gasteiger partial charge < -0.3 is 0 Å². The fraction of sp³-hybridized carbons (Fsp3) is 0.452. The van der Waals surface area contributed by atoms with Crippen LogP contribution in [0.4, 0.5) is 0 Å². The zero-order chi connectivity index (χ0) is 29.9. The number of hydrogen-bond donors (Lipinski definition) is 0. The van der Waals surface area contributed by atoms with Crippen molar-refractivity contribution in [1.82, 2.24) is 0 Å². The molecular weight excluding hydrogens is 386 g/mol. The quantitative estimate of drug-likeness (QED) is 0.366. The van der Waals surface area contributed by atoms with Crippen LogP contribution in [0.15, 0.2) is 48.7 Å². The standard InChI is InChI=1S/C31H42N/c1-21-11-13-24(14-12-21)27-17-28(23(3)15-22(27)2)29-16-25(18-30(4,5)6)26(20-32(29)10)19-31(7,8)9/h11-17,20H,18-19H2,1-10H3/q+1/i2D3,18D2,19D2. The Hall–Kier alpha value is -2.41. The minimum atomic E-state index is -2.31. The van der Waals surface area contributed by atoms with Gasteiger partial charge in [-0.3, -0.25) is 0 Å². The Kier molecular flexibility index (Phi) is 4.49. The molecule has 0 amide bonds. The van der Waals surface area contributed by atoms with Gasteiger partial charge in [-0.25, -0.2) is 4.57 Å². The number of rotatable bonds is 4. The van der Waals surface area contributed by atoms with Crippen LogP contribution in [0.3, 0.4) is 0 Å². The van der Waals surface area contributed by atoms with E-state index >= 15 is 0 Å². The van der Waals surface area contributed by atoms with Crippen LogP contribution in [0.5, 0.6) is 0 Å². The molecule has 0 aliphatic carbocycles. The third-order valence-electron chi connectivity index (χ3n) is 5.30. The Labute approximate surface area is 206 Å². The fourth-order valence-corrected chi connectivity index (χ4v) is 3.88. The minimum Gasteiger partial charge on any atom is -0.201 e. The lowest BCUT2D eigenvalue weighted by atomic mass is 9.81. The smallest absolute Gasteiger partial charge is 0.201 e. The molecule has 0 saturated carbocycles. The van der Waals surface area contributed by atoms with Gasteiger partial charge in [0, 0.05) is 26.8 Å². The molecule has 170 valence electrons. The molecule has 1 nitrogen and oxygen atoms in total. The van der Waals surface area contributed by atoms with Gasteiger partial charge >= 0.3 is 0 Å². The van der Waals surface area contributed by atoms with E-state index in [4.69, 9.17) is 9.60 Å². The SMILES string of the molecule is [2H]C([2H])([2H])c1cc(C)c(-c2cc(C([2H])([2H])C(C)(C)C)c(C([2H])([2H])C(C)(C)C)c[n+]2C)cc1-c1ccc(C)cc1. The second kappa shape index (κ2) is 8.85. The molecule has 0 aliphatic rings. The summed E-state index contributed by atoms with van der Waals surface area (Å²) in [5.41, 5.74) is 3.99. The van der Waals surface area contributed by atoms with E-state index < -0.39 is 30.4 Å². The first kappa shape index (κ1) is 16.2. The lowest BCUT2D eigenvalue weighted by molar-refractivity contribution is -0.660. The summed E-state index contributed by atoms with van der Waals surface area (Å²) < 4.78 is 62.8. The average Bonchev–Trinajstić information content (AvgIpc) is 2.77. The Morgan fingerprint density at radius 2 is 1.38 bits per heavy atom. The first-order valence-corrected chi connectivity index (χ1v) is 11.3. The number of nitrogens with zero attached hydrogens (tertiary/aromatic N) is 1. The van der Waals surface area contributed by atoms with Gasteiger partial charge in [-0.05, 0) is 78.2 Å². The van der Waals surface area contributed by atoms with E-state index in [1.807, 2.05) is 97.3 Å². The molecule has 0 fully saturated rings. The van der Waals surface area contributed by atoms with Gasteiger partial charge in [0.25, 0.3) is 0 Å². The van der Waals surface area contributed by atoms with Gasteiger partial charge in [-0.15, -0.1) is 0 Å². The summed E-state index contributed by atoms with van der Waals surface area (Å²) in [6, 6.07) is 13.1. The van der Waals surface area contributed by atoms with Crippen LogP contribution in [-0.2, 0) is 19.8 Å². The van der Waals surface area contributed by atoms with Crippen LogP contribution in [0.25, 0.3) is 22.4 Å². The van der Waals surface area contributed by atoms with Crippen molar-refractivity contribution >= 4 is 0 Å². The topological polar surface area (TPSA) is 3.88 Å². The molecule has 0 unspecified atom stereocenters. The van der Waals surface area contributed by atoms with Gasteiger partial charge in [-0.1, -0.05) is 77.4 Å². The summed E-state index contributed by atoms with van der Waals surface area (Å²) in [5, 5.41) is 0. The van der Waals surface area contributed by atoms with Crippen molar-refractivity contribution in [3.8, 4) is 22.4 Å². The molecule has 0 saturated heterocycles. The molecule has 1 heteroatoms. The van der Waals surface area contributed by atoms with Crippen molar-refractivity contribution < 1.29 is 14.2 Å². The molecule has 3 rings (SSSR count). The molecule has 0 aliphatic heterocycles. The Balaban J connectivity index is 2.44. The van der Waals surface area contributed by atoms with Crippen molar-refractivity contribution in [2.24, 2.45) is 17.9 Å². The van der Waals surface area contributed by atoms with Gasteiger partial charge in [0.2, 0.25) is 5.69 Å². The Morgan fingerprint density at radius 1 is 0.781 bits per heavy atom. The highest BCUT2D eigenvalue weighted by molar-refractivity contribution is 5.76. The molecule has 0 bridgehead atoms. The first-order valence-electron chi connectivity index (χ1n) is 14.8. The van der Waals surface area contributed by atoms with E-state index in [1.54, 1.807) is 18.3 Å². The molecule has 2 aromatic carbocycles. The molecule has 0 N–H and O–H groups in total. The molecule has 0 atom stereocenters. The van der Waals surface area contributed by atoms with Crippen LogP contribution in [0.2, 0.25) is 0 Å². The predicted molar refractivity (Wildman–Crippen MR) is 139 cm³/mol. The van der Waals surface area contributed by atoms with Crippen LogP contribution in [0.1, 0.15) is 79.0 Å². The first-order chi connectivity index (χ1) is 17.5. The molecule has 3 aromatic rings. The maximum atomic E-state index is 9.16. The van der Waals surface area contributed by atoms with Crippen LogP contribution in [-0.4, -0.2) is 0 Å². The number of aryl methyl sites for hydroxylation is 4. The highest BCUT2D eigenvalue weighted by atomic mass is 14.9.